The van der Waals surface area contributed by atoms with Crippen molar-refractivity contribution in [1.29, 1.82) is 0 Å². The van der Waals surface area contributed by atoms with E-state index in [1.165, 1.54) is 0 Å². The molecule has 0 aliphatic heterocycles. The highest BCUT2D eigenvalue weighted by Gasteiger charge is 2.10. The Hall–Kier alpha value is -1.87. The maximum Gasteiger partial charge on any atom is 0.227 e. The van der Waals surface area contributed by atoms with E-state index in [1.807, 2.05) is 50.3 Å². The molecular weight excluding hydrogens is 260 g/mol. The fourth-order valence-electron chi connectivity index (χ4n) is 1.66. The molecule has 0 bridgehead atoms. The second-order valence-corrected chi connectivity index (χ2v) is 4.49. The van der Waals surface area contributed by atoms with E-state index in [0.717, 1.165) is 16.9 Å². The molecule has 0 spiro atoms. The van der Waals surface area contributed by atoms with E-state index in [0.29, 0.717) is 16.9 Å². The molecule has 98 valence electrons. The third-order valence-corrected chi connectivity index (χ3v) is 2.99. The smallest absolute Gasteiger partial charge is 0.227 e. The molecule has 0 radical (unpaired) electrons. The van der Waals surface area contributed by atoms with Gasteiger partial charge < -0.3 is 4.74 Å². The molecule has 2 aromatic rings. The van der Waals surface area contributed by atoms with Gasteiger partial charge in [0.1, 0.15) is 16.7 Å². The minimum absolute atomic E-state index is 0.422. The summed E-state index contributed by atoms with van der Waals surface area (Å²) in [6.07, 6.45) is 3.95. The van der Waals surface area contributed by atoms with Gasteiger partial charge in [-0.3, -0.25) is 0 Å². The van der Waals surface area contributed by atoms with Crippen LogP contribution in [0.2, 0.25) is 5.15 Å². The van der Waals surface area contributed by atoms with E-state index in [1.54, 1.807) is 6.92 Å². The number of halogens is 1. The zero-order chi connectivity index (χ0) is 13.8. The largest absolute Gasteiger partial charge is 0.438 e. The number of aryl methyl sites for hydroxylation is 1. The van der Waals surface area contributed by atoms with E-state index in [9.17, 15) is 0 Å². The summed E-state index contributed by atoms with van der Waals surface area (Å²) in [5, 5.41) is 0.422. The van der Waals surface area contributed by atoms with E-state index in [2.05, 4.69) is 9.97 Å². The van der Waals surface area contributed by atoms with Gasteiger partial charge in [0, 0.05) is 11.1 Å². The highest BCUT2D eigenvalue weighted by molar-refractivity contribution is 6.30. The molecule has 19 heavy (non-hydrogen) atoms. The lowest BCUT2D eigenvalue weighted by molar-refractivity contribution is 0.454. The fourth-order valence-corrected chi connectivity index (χ4v) is 1.87. The number of allylic oxidation sites excluding steroid dienone is 1. The van der Waals surface area contributed by atoms with Crippen LogP contribution in [-0.4, -0.2) is 9.97 Å². The van der Waals surface area contributed by atoms with Crippen LogP contribution in [0.1, 0.15) is 23.9 Å². The lowest BCUT2D eigenvalue weighted by Crippen LogP contribution is -1.98. The van der Waals surface area contributed by atoms with Crippen molar-refractivity contribution in [3.63, 3.8) is 0 Å². The van der Waals surface area contributed by atoms with Crippen LogP contribution in [0, 0.1) is 13.8 Å². The highest BCUT2D eigenvalue weighted by atomic mass is 35.5. The number of hydrogen-bond donors (Lipinski definition) is 0. The summed E-state index contributed by atoms with van der Waals surface area (Å²) in [6.45, 7) is 5.60. The van der Waals surface area contributed by atoms with Gasteiger partial charge in [-0.05, 0) is 26.8 Å². The number of rotatable bonds is 3. The van der Waals surface area contributed by atoms with E-state index < -0.39 is 0 Å². The van der Waals surface area contributed by atoms with Gasteiger partial charge >= 0.3 is 0 Å². The molecule has 0 N–H and O–H groups in total. The van der Waals surface area contributed by atoms with Crippen LogP contribution in [0.15, 0.2) is 30.3 Å². The second kappa shape index (κ2) is 5.85. The summed E-state index contributed by atoms with van der Waals surface area (Å²) < 4.78 is 5.87. The van der Waals surface area contributed by atoms with Crippen LogP contribution < -0.4 is 4.74 Å². The van der Waals surface area contributed by atoms with Gasteiger partial charge in [-0.1, -0.05) is 42.0 Å². The van der Waals surface area contributed by atoms with Crippen LogP contribution in [0.3, 0.4) is 0 Å². The number of nitrogens with zero attached hydrogens (tertiary/aromatic N) is 2. The van der Waals surface area contributed by atoms with Gasteiger partial charge in [-0.25, -0.2) is 4.98 Å². The van der Waals surface area contributed by atoms with Crippen molar-refractivity contribution >= 4 is 17.7 Å². The summed E-state index contributed by atoms with van der Waals surface area (Å²) in [6, 6.07) is 7.78. The summed E-state index contributed by atoms with van der Waals surface area (Å²) in [5.74, 6) is 1.83. The monoisotopic (exact) mass is 274 g/mol. The molecular formula is C15H15ClN2O. The zero-order valence-electron chi connectivity index (χ0n) is 11.1. The predicted molar refractivity (Wildman–Crippen MR) is 77.7 cm³/mol. The van der Waals surface area contributed by atoms with Gasteiger partial charge in [0.2, 0.25) is 5.88 Å². The molecule has 0 saturated heterocycles. The Kier molecular flexibility index (Phi) is 4.17. The zero-order valence-corrected chi connectivity index (χ0v) is 11.9. The van der Waals surface area contributed by atoms with Gasteiger partial charge in [0.25, 0.3) is 0 Å². The normalized spacial score (nSPS) is 10.9. The summed E-state index contributed by atoms with van der Waals surface area (Å²) in [4.78, 5) is 8.38. The van der Waals surface area contributed by atoms with Crippen molar-refractivity contribution < 1.29 is 4.74 Å². The van der Waals surface area contributed by atoms with Crippen LogP contribution in [0.5, 0.6) is 11.6 Å². The minimum atomic E-state index is 0.422. The Morgan fingerprint density at radius 2 is 1.89 bits per heavy atom. The molecule has 0 saturated carbocycles. The van der Waals surface area contributed by atoms with Crippen molar-refractivity contribution in [3.05, 3.63) is 52.4 Å². The van der Waals surface area contributed by atoms with Crippen molar-refractivity contribution in [2.24, 2.45) is 0 Å². The predicted octanol–water partition coefficient (Wildman–Crippen LogP) is 4.57. The molecule has 0 unspecified atom stereocenters. The molecule has 3 nitrogen and oxygen atoms in total. The van der Waals surface area contributed by atoms with Gasteiger partial charge in [0.05, 0.1) is 0 Å². The number of hydrogen-bond acceptors (Lipinski definition) is 3. The summed E-state index contributed by atoms with van der Waals surface area (Å²) >= 11 is 6.04. The molecule has 4 heteroatoms. The lowest BCUT2D eigenvalue weighted by Gasteiger charge is -2.11. The lowest BCUT2D eigenvalue weighted by atomic mass is 10.2. The first-order valence-electron chi connectivity index (χ1n) is 6.02. The van der Waals surface area contributed by atoms with Gasteiger partial charge in [-0.2, -0.15) is 4.98 Å². The Bertz CT molecular complexity index is 624. The number of aromatic nitrogens is 2. The Morgan fingerprint density at radius 3 is 2.63 bits per heavy atom. The molecule has 0 aliphatic rings. The number of para-hydroxylation sites is 1. The maximum absolute atomic E-state index is 6.04. The molecule has 0 aliphatic carbocycles. The first-order valence-corrected chi connectivity index (χ1v) is 6.40. The average molecular weight is 275 g/mol. The molecule has 1 heterocycles. The van der Waals surface area contributed by atoms with E-state index >= 15 is 0 Å². The van der Waals surface area contributed by atoms with Crippen LogP contribution in [0.25, 0.3) is 6.08 Å². The van der Waals surface area contributed by atoms with Crippen LogP contribution in [-0.2, 0) is 0 Å². The van der Waals surface area contributed by atoms with E-state index in [4.69, 9.17) is 16.3 Å². The molecule has 0 amide bonds. The number of ether oxygens (including phenoxy) is 1. The van der Waals surface area contributed by atoms with E-state index in [-0.39, 0.29) is 0 Å². The summed E-state index contributed by atoms with van der Waals surface area (Å²) in [5.41, 5.74) is 1.74. The minimum Gasteiger partial charge on any atom is -0.438 e. The Labute approximate surface area is 117 Å². The third kappa shape index (κ3) is 3.12. The molecule has 1 aromatic heterocycles. The molecule has 2 rings (SSSR count). The first-order chi connectivity index (χ1) is 9.11. The quantitative estimate of drug-likeness (QED) is 0.769. The Morgan fingerprint density at radius 1 is 1.16 bits per heavy atom. The van der Waals surface area contributed by atoms with Crippen molar-refractivity contribution in [3.8, 4) is 11.6 Å². The van der Waals surface area contributed by atoms with Gasteiger partial charge in [0.15, 0.2) is 0 Å². The van der Waals surface area contributed by atoms with Gasteiger partial charge in [-0.15, -0.1) is 0 Å². The third-order valence-electron chi connectivity index (χ3n) is 2.63. The molecule has 1 aromatic carbocycles. The number of benzene rings is 1. The van der Waals surface area contributed by atoms with Crippen LogP contribution in [0.4, 0.5) is 0 Å². The summed E-state index contributed by atoms with van der Waals surface area (Å²) in [7, 11) is 0. The van der Waals surface area contributed by atoms with Crippen molar-refractivity contribution in [2.75, 3.05) is 0 Å². The molecule has 0 atom stereocenters. The fraction of sp³-hybridized carbons (Fsp3) is 0.200. The molecule has 0 fully saturated rings. The SMILES string of the molecule is C/C=C/c1ccccc1Oc1nc(C)nc(Cl)c1C. The average Bonchev–Trinajstić information content (AvgIpc) is 2.38. The Balaban J connectivity index is 2.42. The van der Waals surface area contributed by atoms with Crippen LogP contribution >= 0.6 is 11.6 Å². The standard InChI is InChI=1S/C15H15ClN2O/c1-4-7-12-8-5-6-9-13(12)19-15-10(2)14(16)17-11(3)18-15/h4-9H,1-3H3/b7-4+. The first kappa shape index (κ1) is 13.6. The highest BCUT2D eigenvalue weighted by Crippen LogP contribution is 2.29. The maximum atomic E-state index is 6.04. The second-order valence-electron chi connectivity index (χ2n) is 4.13. The van der Waals surface area contributed by atoms with Crippen molar-refractivity contribution in [1.82, 2.24) is 9.97 Å². The van der Waals surface area contributed by atoms with Crippen molar-refractivity contribution in [2.45, 2.75) is 20.8 Å². The topological polar surface area (TPSA) is 35.0 Å².